The van der Waals surface area contributed by atoms with Gasteiger partial charge in [0, 0.05) is 30.2 Å². The summed E-state index contributed by atoms with van der Waals surface area (Å²) in [6, 6.07) is 7.68. The molecule has 1 atom stereocenters. The number of likely N-dealkylation sites (tertiary alicyclic amines) is 1. The zero-order valence-electron chi connectivity index (χ0n) is 11.6. The molecule has 2 aromatic rings. The summed E-state index contributed by atoms with van der Waals surface area (Å²) in [5, 5.41) is 1.16. The first-order valence-corrected chi connectivity index (χ1v) is 7.35. The van der Waals surface area contributed by atoms with Crippen molar-refractivity contribution >= 4 is 16.8 Å². The Morgan fingerprint density at radius 3 is 2.80 bits per heavy atom. The van der Waals surface area contributed by atoms with Crippen molar-refractivity contribution in [3.8, 4) is 0 Å². The fourth-order valence-electron chi connectivity index (χ4n) is 2.97. The molecule has 0 bridgehead atoms. The van der Waals surface area contributed by atoms with Crippen molar-refractivity contribution in [1.29, 1.82) is 0 Å². The summed E-state index contributed by atoms with van der Waals surface area (Å²) in [6.45, 7) is 1.72. The smallest absolute Gasteiger partial charge is 0.239 e. The second-order valence-electron chi connectivity index (χ2n) is 5.56. The minimum Gasteiger partial charge on any atom is -0.361 e. The predicted molar refractivity (Wildman–Crippen MR) is 80.4 cm³/mol. The van der Waals surface area contributed by atoms with Crippen LogP contribution in [0.4, 0.5) is 0 Å². The Balaban J connectivity index is 1.71. The third kappa shape index (κ3) is 2.56. The summed E-state index contributed by atoms with van der Waals surface area (Å²) < 4.78 is 0. The Morgan fingerprint density at radius 2 is 2.00 bits per heavy atom. The normalized spacial score (nSPS) is 17.4. The van der Waals surface area contributed by atoms with Gasteiger partial charge >= 0.3 is 0 Å². The van der Waals surface area contributed by atoms with Gasteiger partial charge in [-0.25, -0.2) is 0 Å². The first-order chi connectivity index (χ1) is 9.75. The second kappa shape index (κ2) is 5.67. The Morgan fingerprint density at radius 1 is 1.25 bits per heavy atom. The number of aromatic amines is 1. The van der Waals surface area contributed by atoms with Crippen LogP contribution in [0.25, 0.3) is 10.9 Å². The van der Waals surface area contributed by atoms with Crippen LogP contribution in [0.3, 0.4) is 0 Å². The van der Waals surface area contributed by atoms with Crippen LogP contribution in [0.5, 0.6) is 0 Å². The average Bonchev–Trinajstić information content (AvgIpc) is 2.91. The van der Waals surface area contributed by atoms with Crippen molar-refractivity contribution in [2.24, 2.45) is 5.73 Å². The number of fused-ring (bicyclic) bond motifs is 1. The maximum Gasteiger partial charge on any atom is 0.239 e. The van der Waals surface area contributed by atoms with Crippen LogP contribution in [0.15, 0.2) is 30.5 Å². The van der Waals surface area contributed by atoms with E-state index in [1.165, 1.54) is 6.42 Å². The van der Waals surface area contributed by atoms with Gasteiger partial charge in [-0.3, -0.25) is 4.79 Å². The highest BCUT2D eigenvalue weighted by atomic mass is 16.2. The van der Waals surface area contributed by atoms with Gasteiger partial charge in [0.05, 0.1) is 6.04 Å². The molecule has 3 rings (SSSR count). The van der Waals surface area contributed by atoms with Crippen molar-refractivity contribution < 1.29 is 4.79 Å². The molecule has 0 aliphatic carbocycles. The van der Waals surface area contributed by atoms with E-state index in [0.717, 1.165) is 42.4 Å². The first-order valence-electron chi connectivity index (χ1n) is 7.35. The number of aromatic nitrogens is 1. The molecule has 4 nitrogen and oxygen atoms in total. The average molecular weight is 271 g/mol. The molecular formula is C16H21N3O. The summed E-state index contributed by atoms with van der Waals surface area (Å²) >= 11 is 0. The highest BCUT2D eigenvalue weighted by Crippen LogP contribution is 2.19. The summed E-state index contributed by atoms with van der Waals surface area (Å²) in [7, 11) is 0. The number of para-hydroxylation sites is 1. The molecular weight excluding hydrogens is 250 g/mol. The summed E-state index contributed by atoms with van der Waals surface area (Å²) in [5.74, 6) is 0.0926. The van der Waals surface area contributed by atoms with E-state index in [-0.39, 0.29) is 5.91 Å². The predicted octanol–water partition coefficient (Wildman–Crippen LogP) is 2.05. The lowest BCUT2D eigenvalue weighted by molar-refractivity contribution is -0.133. The number of carbonyl (C=O) groups excluding carboxylic acids is 1. The van der Waals surface area contributed by atoms with E-state index >= 15 is 0 Å². The number of benzene rings is 1. The molecule has 1 unspecified atom stereocenters. The molecule has 3 N–H and O–H groups in total. The van der Waals surface area contributed by atoms with E-state index in [4.69, 9.17) is 5.73 Å². The minimum absolute atomic E-state index is 0.0926. The van der Waals surface area contributed by atoms with Crippen LogP contribution in [0.2, 0.25) is 0 Å². The Hall–Kier alpha value is -1.81. The lowest BCUT2D eigenvalue weighted by Crippen LogP contribution is -2.46. The van der Waals surface area contributed by atoms with E-state index in [1.807, 2.05) is 29.3 Å². The second-order valence-corrected chi connectivity index (χ2v) is 5.56. The number of piperidine rings is 1. The van der Waals surface area contributed by atoms with Gasteiger partial charge in [0.1, 0.15) is 0 Å². The lowest BCUT2D eigenvalue weighted by Gasteiger charge is -2.29. The molecule has 1 aliphatic heterocycles. The number of nitrogens with two attached hydrogens (primary N) is 1. The number of nitrogens with zero attached hydrogens (tertiary/aromatic N) is 1. The van der Waals surface area contributed by atoms with Gasteiger partial charge in [-0.2, -0.15) is 0 Å². The monoisotopic (exact) mass is 271 g/mol. The molecule has 1 aliphatic rings. The Kier molecular flexibility index (Phi) is 3.74. The SMILES string of the molecule is NC(Cc1c[nH]c2ccccc12)C(=O)N1CCCCC1. The largest absolute Gasteiger partial charge is 0.361 e. The highest BCUT2D eigenvalue weighted by Gasteiger charge is 2.23. The van der Waals surface area contributed by atoms with E-state index in [1.54, 1.807) is 0 Å². The fourth-order valence-corrected chi connectivity index (χ4v) is 2.97. The molecule has 20 heavy (non-hydrogen) atoms. The zero-order chi connectivity index (χ0) is 13.9. The zero-order valence-corrected chi connectivity index (χ0v) is 11.6. The first kappa shape index (κ1) is 13.2. The number of hydrogen-bond acceptors (Lipinski definition) is 2. The topological polar surface area (TPSA) is 62.1 Å². The van der Waals surface area contributed by atoms with Gasteiger partial charge < -0.3 is 15.6 Å². The fraction of sp³-hybridized carbons (Fsp3) is 0.438. The summed E-state index contributed by atoms with van der Waals surface area (Å²) in [5.41, 5.74) is 8.35. The number of amides is 1. The Bertz CT molecular complexity index is 599. The van der Waals surface area contributed by atoms with Crippen LogP contribution in [0, 0.1) is 0 Å². The molecule has 1 aromatic carbocycles. The standard InChI is InChI=1S/C16H21N3O/c17-14(16(20)19-8-4-1-5-9-19)10-12-11-18-15-7-3-2-6-13(12)15/h2-3,6-7,11,14,18H,1,4-5,8-10,17H2. The molecule has 1 fully saturated rings. The Labute approximate surface area is 118 Å². The van der Waals surface area contributed by atoms with Gasteiger partial charge in [0.25, 0.3) is 0 Å². The summed E-state index contributed by atoms with van der Waals surface area (Å²) in [6.07, 6.45) is 5.99. The third-order valence-corrected chi connectivity index (χ3v) is 4.10. The number of hydrogen-bond donors (Lipinski definition) is 2. The van der Waals surface area contributed by atoms with E-state index in [0.29, 0.717) is 6.42 Å². The van der Waals surface area contributed by atoms with E-state index in [2.05, 4.69) is 11.1 Å². The van der Waals surface area contributed by atoms with Gasteiger partial charge in [-0.05, 0) is 37.3 Å². The molecule has 1 aromatic heterocycles. The van der Waals surface area contributed by atoms with Crippen LogP contribution >= 0.6 is 0 Å². The molecule has 2 heterocycles. The quantitative estimate of drug-likeness (QED) is 0.897. The number of nitrogens with one attached hydrogen (secondary N) is 1. The van der Waals surface area contributed by atoms with Crippen molar-refractivity contribution in [1.82, 2.24) is 9.88 Å². The maximum absolute atomic E-state index is 12.4. The van der Waals surface area contributed by atoms with Crippen molar-refractivity contribution in [2.75, 3.05) is 13.1 Å². The van der Waals surface area contributed by atoms with Crippen molar-refractivity contribution in [2.45, 2.75) is 31.7 Å². The molecule has 106 valence electrons. The van der Waals surface area contributed by atoms with Crippen molar-refractivity contribution in [3.63, 3.8) is 0 Å². The maximum atomic E-state index is 12.4. The molecule has 0 spiro atoms. The van der Waals surface area contributed by atoms with Crippen molar-refractivity contribution in [3.05, 3.63) is 36.0 Å². The number of rotatable bonds is 3. The number of carbonyl (C=O) groups is 1. The van der Waals surface area contributed by atoms with Crippen LogP contribution in [-0.4, -0.2) is 34.9 Å². The lowest BCUT2D eigenvalue weighted by atomic mass is 10.0. The van der Waals surface area contributed by atoms with Crippen LogP contribution in [-0.2, 0) is 11.2 Å². The van der Waals surface area contributed by atoms with E-state index in [9.17, 15) is 4.79 Å². The van der Waals surface area contributed by atoms with Crippen LogP contribution in [0.1, 0.15) is 24.8 Å². The van der Waals surface area contributed by atoms with Gasteiger partial charge in [-0.1, -0.05) is 18.2 Å². The van der Waals surface area contributed by atoms with Gasteiger partial charge in [0.15, 0.2) is 0 Å². The summed E-state index contributed by atoms with van der Waals surface area (Å²) in [4.78, 5) is 17.5. The molecule has 0 radical (unpaired) electrons. The van der Waals surface area contributed by atoms with Crippen LogP contribution < -0.4 is 5.73 Å². The minimum atomic E-state index is -0.438. The molecule has 4 heteroatoms. The highest BCUT2D eigenvalue weighted by molar-refractivity contribution is 5.86. The molecule has 0 saturated carbocycles. The molecule has 1 amide bonds. The van der Waals surface area contributed by atoms with Gasteiger partial charge in [0.2, 0.25) is 5.91 Å². The molecule has 1 saturated heterocycles. The third-order valence-electron chi connectivity index (χ3n) is 4.10. The van der Waals surface area contributed by atoms with Gasteiger partial charge in [-0.15, -0.1) is 0 Å². The number of H-pyrrole nitrogens is 1. The van der Waals surface area contributed by atoms with E-state index < -0.39 is 6.04 Å².